The Morgan fingerprint density at radius 3 is 2.75 bits per heavy atom. The van der Waals surface area contributed by atoms with Gasteiger partial charge in [-0.05, 0) is 19.8 Å². The summed E-state index contributed by atoms with van der Waals surface area (Å²) in [7, 11) is 0. The van der Waals surface area contributed by atoms with Gasteiger partial charge in [0.05, 0.1) is 6.20 Å². The van der Waals surface area contributed by atoms with E-state index in [0.717, 1.165) is 13.1 Å². The molecule has 0 unspecified atom stereocenters. The highest BCUT2D eigenvalue weighted by molar-refractivity contribution is 7.99. The predicted octanol–water partition coefficient (Wildman–Crippen LogP) is 2.17. The number of aromatic nitrogens is 2. The summed E-state index contributed by atoms with van der Waals surface area (Å²) >= 11 is 2.11. The van der Waals surface area contributed by atoms with Gasteiger partial charge in [-0.1, -0.05) is 12.8 Å². The highest BCUT2D eigenvalue weighted by Gasteiger charge is 2.39. The predicted molar refractivity (Wildman–Crippen MR) is 85.1 cm³/mol. The van der Waals surface area contributed by atoms with Crippen molar-refractivity contribution in [3.8, 4) is 0 Å². The van der Waals surface area contributed by atoms with Crippen molar-refractivity contribution in [2.75, 3.05) is 31.1 Å². The van der Waals surface area contributed by atoms with E-state index in [9.17, 15) is 0 Å². The zero-order chi connectivity index (χ0) is 13.8. The minimum absolute atomic E-state index is 0.429. The first-order chi connectivity index (χ1) is 9.80. The Bertz CT molecular complexity index is 419. The van der Waals surface area contributed by atoms with Gasteiger partial charge in [-0.3, -0.25) is 10.00 Å². The highest BCUT2D eigenvalue weighted by Crippen LogP contribution is 2.36. The first-order valence-electron chi connectivity index (χ1n) is 7.83. The summed E-state index contributed by atoms with van der Waals surface area (Å²) in [5, 5.41) is 10.8. The molecule has 20 heavy (non-hydrogen) atoms. The van der Waals surface area contributed by atoms with Gasteiger partial charge in [-0.25, -0.2) is 0 Å². The second-order valence-corrected chi connectivity index (χ2v) is 7.38. The van der Waals surface area contributed by atoms with Crippen molar-refractivity contribution in [2.24, 2.45) is 0 Å². The monoisotopic (exact) mass is 294 g/mol. The van der Waals surface area contributed by atoms with E-state index in [1.165, 1.54) is 61.5 Å². The molecule has 2 heterocycles. The molecule has 4 nitrogen and oxygen atoms in total. The van der Waals surface area contributed by atoms with Gasteiger partial charge in [0.25, 0.3) is 0 Å². The van der Waals surface area contributed by atoms with Gasteiger partial charge in [0.15, 0.2) is 0 Å². The fourth-order valence-corrected chi connectivity index (χ4v) is 4.56. The summed E-state index contributed by atoms with van der Waals surface area (Å²) in [6.07, 6.45) is 7.48. The van der Waals surface area contributed by atoms with E-state index in [1.807, 2.05) is 6.20 Å². The number of H-pyrrole nitrogens is 1. The van der Waals surface area contributed by atoms with Crippen LogP contribution in [-0.2, 0) is 6.54 Å². The molecule has 2 fully saturated rings. The molecule has 0 atom stereocenters. The van der Waals surface area contributed by atoms with Crippen molar-refractivity contribution in [2.45, 2.75) is 44.7 Å². The van der Waals surface area contributed by atoms with Gasteiger partial charge >= 0.3 is 0 Å². The van der Waals surface area contributed by atoms with E-state index in [0.29, 0.717) is 5.54 Å². The van der Waals surface area contributed by atoms with E-state index in [1.54, 1.807) is 0 Å². The molecule has 0 amide bonds. The van der Waals surface area contributed by atoms with Crippen molar-refractivity contribution < 1.29 is 0 Å². The van der Waals surface area contributed by atoms with Gasteiger partial charge < -0.3 is 5.32 Å². The normalized spacial score (nSPS) is 23.2. The summed E-state index contributed by atoms with van der Waals surface area (Å²) in [4.78, 5) is 2.77. The average Bonchev–Trinajstić information content (AvgIpc) is 3.11. The molecule has 0 spiro atoms. The van der Waals surface area contributed by atoms with Crippen LogP contribution in [0.3, 0.4) is 0 Å². The molecule has 1 aliphatic heterocycles. The lowest BCUT2D eigenvalue weighted by atomic mass is 9.94. The van der Waals surface area contributed by atoms with Crippen LogP contribution in [0.2, 0.25) is 0 Å². The second kappa shape index (κ2) is 6.50. The van der Waals surface area contributed by atoms with Crippen LogP contribution in [0.15, 0.2) is 6.20 Å². The maximum Gasteiger partial charge on any atom is 0.0535 e. The molecule has 1 aliphatic carbocycles. The van der Waals surface area contributed by atoms with Gasteiger partial charge in [0.2, 0.25) is 0 Å². The van der Waals surface area contributed by atoms with Crippen molar-refractivity contribution in [3.63, 3.8) is 0 Å². The van der Waals surface area contributed by atoms with E-state index in [4.69, 9.17) is 0 Å². The van der Waals surface area contributed by atoms with E-state index in [2.05, 4.69) is 39.1 Å². The molecule has 0 bridgehead atoms. The lowest BCUT2D eigenvalue weighted by Crippen LogP contribution is -2.55. The molecule has 1 saturated carbocycles. The minimum atomic E-state index is 0.429. The molecule has 1 aromatic heterocycles. The molecule has 2 N–H and O–H groups in total. The summed E-state index contributed by atoms with van der Waals surface area (Å²) in [5.41, 5.74) is 2.92. The third-order valence-corrected chi connectivity index (χ3v) is 5.86. The number of aromatic amines is 1. The van der Waals surface area contributed by atoms with E-state index < -0.39 is 0 Å². The molecule has 5 heteroatoms. The lowest BCUT2D eigenvalue weighted by Gasteiger charge is -2.43. The van der Waals surface area contributed by atoms with Crippen LogP contribution in [0.1, 0.15) is 36.9 Å². The Labute approximate surface area is 126 Å². The summed E-state index contributed by atoms with van der Waals surface area (Å²) in [6.45, 7) is 6.71. The van der Waals surface area contributed by atoms with Crippen LogP contribution in [-0.4, -0.2) is 51.8 Å². The highest BCUT2D eigenvalue weighted by atomic mass is 32.2. The third-order valence-electron chi connectivity index (χ3n) is 4.92. The smallest absolute Gasteiger partial charge is 0.0535 e. The summed E-state index contributed by atoms with van der Waals surface area (Å²) < 4.78 is 0. The average molecular weight is 294 g/mol. The van der Waals surface area contributed by atoms with Gasteiger partial charge in [0.1, 0.15) is 0 Å². The quantitative estimate of drug-likeness (QED) is 0.873. The molecular formula is C15H26N4S. The van der Waals surface area contributed by atoms with Crippen LogP contribution in [0, 0.1) is 6.92 Å². The largest absolute Gasteiger partial charge is 0.311 e. The van der Waals surface area contributed by atoms with Crippen molar-refractivity contribution in [1.29, 1.82) is 0 Å². The Morgan fingerprint density at radius 2 is 2.10 bits per heavy atom. The van der Waals surface area contributed by atoms with Gasteiger partial charge in [-0.2, -0.15) is 16.9 Å². The summed E-state index contributed by atoms with van der Waals surface area (Å²) in [6, 6.07) is 0. The number of nitrogens with one attached hydrogen (secondary N) is 2. The SMILES string of the molecule is Cc1[nH]ncc1CNCC1(N2CCSCC2)CCCC1. The van der Waals surface area contributed by atoms with Crippen molar-refractivity contribution >= 4 is 11.8 Å². The zero-order valence-electron chi connectivity index (χ0n) is 12.5. The number of nitrogens with zero attached hydrogens (tertiary/aromatic N) is 2. The second-order valence-electron chi connectivity index (χ2n) is 6.15. The van der Waals surface area contributed by atoms with Gasteiger partial charge in [-0.15, -0.1) is 0 Å². The molecule has 112 valence electrons. The zero-order valence-corrected chi connectivity index (χ0v) is 13.3. The van der Waals surface area contributed by atoms with Gasteiger partial charge in [0, 0.05) is 54.5 Å². The van der Waals surface area contributed by atoms with Crippen molar-refractivity contribution in [3.05, 3.63) is 17.5 Å². The maximum atomic E-state index is 4.10. The Hall–Kier alpha value is -0.520. The van der Waals surface area contributed by atoms with E-state index in [-0.39, 0.29) is 0 Å². The molecule has 0 radical (unpaired) electrons. The topological polar surface area (TPSA) is 44.0 Å². The number of rotatable bonds is 5. The number of thioether (sulfide) groups is 1. The first kappa shape index (κ1) is 14.4. The molecule has 1 aromatic rings. The Balaban J connectivity index is 1.58. The molecule has 1 saturated heterocycles. The lowest BCUT2D eigenvalue weighted by molar-refractivity contribution is 0.102. The standard InChI is InChI=1S/C15H26N4S/c1-13-14(11-17-18-13)10-16-12-15(4-2-3-5-15)19-6-8-20-9-7-19/h11,16H,2-10,12H2,1H3,(H,17,18). The summed E-state index contributed by atoms with van der Waals surface area (Å²) in [5.74, 6) is 2.62. The fraction of sp³-hybridized carbons (Fsp3) is 0.800. The van der Waals surface area contributed by atoms with Crippen LogP contribution < -0.4 is 5.32 Å². The Morgan fingerprint density at radius 1 is 1.35 bits per heavy atom. The van der Waals surface area contributed by atoms with Crippen LogP contribution in [0.4, 0.5) is 0 Å². The molecular weight excluding hydrogens is 268 g/mol. The number of aryl methyl sites for hydroxylation is 1. The fourth-order valence-electron chi connectivity index (χ4n) is 3.66. The van der Waals surface area contributed by atoms with Crippen LogP contribution in [0.5, 0.6) is 0 Å². The number of hydrogen-bond donors (Lipinski definition) is 2. The maximum absolute atomic E-state index is 4.10. The molecule has 0 aromatic carbocycles. The Kier molecular flexibility index (Phi) is 4.68. The van der Waals surface area contributed by atoms with Crippen molar-refractivity contribution in [1.82, 2.24) is 20.4 Å². The number of hydrogen-bond acceptors (Lipinski definition) is 4. The van der Waals surface area contributed by atoms with E-state index >= 15 is 0 Å². The third kappa shape index (κ3) is 3.05. The van der Waals surface area contributed by atoms with Crippen LogP contribution >= 0.6 is 11.8 Å². The first-order valence-corrected chi connectivity index (χ1v) is 8.98. The molecule has 3 rings (SSSR count). The minimum Gasteiger partial charge on any atom is -0.311 e. The van der Waals surface area contributed by atoms with Crippen LogP contribution in [0.25, 0.3) is 0 Å². The molecule has 2 aliphatic rings.